The zero-order chi connectivity index (χ0) is 19.0. The van der Waals surface area contributed by atoms with Crippen LogP contribution in [0.25, 0.3) is 10.9 Å². The molecule has 1 atom stereocenters. The molecule has 3 N–H and O–H groups in total. The van der Waals surface area contributed by atoms with Crippen molar-refractivity contribution in [2.45, 2.75) is 31.7 Å². The van der Waals surface area contributed by atoms with E-state index in [0.717, 1.165) is 41.4 Å². The van der Waals surface area contributed by atoms with Crippen LogP contribution in [0.2, 0.25) is 0 Å². The third kappa shape index (κ3) is 3.20. The summed E-state index contributed by atoms with van der Waals surface area (Å²) in [6, 6.07) is 9.68. The monoisotopic (exact) mass is 365 g/mol. The number of H-pyrrole nitrogens is 1. The fourth-order valence-corrected chi connectivity index (χ4v) is 4.02. The molecule has 3 heterocycles. The average Bonchev–Trinajstić information content (AvgIpc) is 3.28. The first-order chi connectivity index (χ1) is 13.0. The van der Waals surface area contributed by atoms with E-state index in [1.165, 1.54) is 0 Å². The number of piperidine rings is 1. The first kappa shape index (κ1) is 17.3. The van der Waals surface area contributed by atoms with Gasteiger partial charge >= 0.3 is 0 Å². The summed E-state index contributed by atoms with van der Waals surface area (Å²) in [6.45, 7) is 0.708. The quantitative estimate of drug-likeness (QED) is 0.742. The van der Waals surface area contributed by atoms with E-state index in [-0.39, 0.29) is 17.6 Å². The average molecular weight is 365 g/mol. The molecule has 0 saturated carbocycles. The minimum atomic E-state index is -0.568. The highest BCUT2D eigenvalue weighted by Gasteiger charge is 2.30. The number of nitrogens with zero attached hydrogens (tertiary/aromatic N) is 3. The molecule has 1 fully saturated rings. The summed E-state index contributed by atoms with van der Waals surface area (Å²) in [7, 11) is 2.00. The van der Waals surface area contributed by atoms with Crippen molar-refractivity contribution in [2.75, 3.05) is 6.54 Å². The molecule has 2 amide bonds. The number of aromatic amines is 1. The van der Waals surface area contributed by atoms with Crippen molar-refractivity contribution in [1.29, 1.82) is 0 Å². The van der Waals surface area contributed by atoms with Crippen LogP contribution >= 0.6 is 0 Å². The maximum Gasteiger partial charge on any atom is 0.269 e. The molecule has 3 aromatic rings. The molecule has 1 saturated heterocycles. The highest BCUT2D eigenvalue weighted by molar-refractivity contribution is 5.91. The van der Waals surface area contributed by atoms with Crippen LogP contribution in [-0.2, 0) is 18.3 Å². The lowest BCUT2D eigenvalue weighted by Gasteiger charge is -2.35. The van der Waals surface area contributed by atoms with Gasteiger partial charge in [0.05, 0.1) is 18.2 Å². The summed E-state index contributed by atoms with van der Waals surface area (Å²) in [6.07, 6.45) is 5.25. The topological polar surface area (TPSA) is 97.0 Å². The van der Waals surface area contributed by atoms with Crippen LogP contribution in [0.4, 0.5) is 0 Å². The SMILES string of the molecule is Cn1cc(CC(=O)N2CCCC[C@H]2c2cc(C(N)=O)n[nH]2)c2ccccc21. The number of aromatic nitrogens is 3. The van der Waals surface area contributed by atoms with Crippen LogP contribution in [0.3, 0.4) is 0 Å². The number of nitrogens with two attached hydrogens (primary N) is 1. The van der Waals surface area contributed by atoms with Crippen molar-refractivity contribution in [3.8, 4) is 0 Å². The van der Waals surface area contributed by atoms with Gasteiger partial charge in [-0.1, -0.05) is 18.2 Å². The second-order valence-electron chi connectivity index (χ2n) is 7.13. The van der Waals surface area contributed by atoms with Gasteiger partial charge in [-0.15, -0.1) is 0 Å². The fourth-order valence-electron chi connectivity index (χ4n) is 4.02. The molecule has 140 valence electrons. The third-order valence-corrected chi connectivity index (χ3v) is 5.35. The number of rotatable bonds is 4. The molecule has 0 spiro atoms. The molecule has 1 aliphatic heterocycles. The first-order valence-corrected chi connectivity index (χ1v) is 9.22. The third-order valence-electron chi connectivity index (χ3n) is 5.35. The van der Waals surface area contributed by atoms with E-state index in [4.69, 9.17) is 5.73 Å². The number of benzene rings is 1. The van der Waals surface area contributed by atoms with Crippen LogP contribution in [0.5, 0.6) is 0 Å². The normalized spacial score (nSPS) is 17.4. The molecule has 1 aliphatic rings. The van der Waals surface area contributed by atoms with E-state index in [2.05, 4.69) is 26.9 Å². The van der Waals surface area contributed by atoms with Gasteiger partial charge in [-0.05, 0) is 37.0 Å². The number of hydrogen-bond acceptors (Lipinski definition) is 3. The van der Waals surface area contributed by atoms with Gasteiger partial charge in [-0.2, -0.15) is 5.10 Å². The molecule has 4 rings (SSSR count). The minimum absolute atomic E-state index is 0.0891. The Bertz CT molecular complexity index is 1000. The Hall–Kier alpha value is -3.09. The van der Waals surface area contributed by atoms with Crippen LogP contribution in [0, 0.1) is 0 Å². The smallest absolute Gasteiger partial charge is 0.269 e. The van der Waals surface area contributed by atoms with Gasteiger partial charge in [0.1, 0.15) is 5.69 Å². The van der Waals surface area contributed by atoms with Crippen molar-refractivity contribution in [3.05, 3.63) is 53.5 Å². The van der Waals surface area contributed by atoms with Gasteiger partial charge in [0.2, 0.25) is 5.91 Å². The number of carbonyl (C=O) groups is 2. The number of para-hydroxylation sites is 1. The van der Waals surface area contributed by atoms with Crippen LogP contribution in [0.1, 0.15) is 47.1 Å². The van der Waals surface area contributed by atoms with E-state index in [0.29, 0.717) is 13.0 Å². The highest BCUT2D eigenvalue weighted by atomic mass is 16.2. The van der Waals surface area contributed by atoms with Gasteiger partial charge in [0.25, 0.3) is 5.91 Å². The minimum Gasteiger partial charge on any atom is -0.364 e. The number of fused-ring (bicyclic) bond motifs is 1. The number of amides is 2. The number of hydrogen-bond donors (Lipinski definition) is 2. The van der Waals surface area contributed by atoms with E-state index in [1.807, 2.05) is 30.3 Å². The number of likely N-dealkylation sites (tertiary alicyclic amines) is 1. The Morgan fingerprint density at radius 3 is 2.89 bits per heavy atom. The Morgan fingerprint density at radius 1 is 1.30 bits per heavy atom. The van der Waals surface area contributed by atoms with E-state index >= 15 is 0 Å². The molecule has 7 nitrogen and oxygen atoms in total. The van der Waals surface area contributed by atoms with E-state index in [1.54, 1.807) is 6.07 Å². The van der Waals surface area contributed by atoms with Crippen molar-refractivity contribution in [2.24, 2.45) is 12.8 Å². The maximum atomic E-state index is 13.1. The maximum absolute atomic E-state index is 13.1. The second kappa shape index (κ2) is 6.90. The Morgan fingerprint density at radius 2 is 2.11 bits per heavy atom. The van der Waals surface area contributed by atoms with Gasteiger partial charge in [0.15, 0.2) is 0 Å². The molecular weight excluding hydrogens is 342 g/mol. The zero-order valence-electron chi connectivity index (χ0n) is 15.3. The Kier molecular flexibility index (Phi) is 4.43. The number of nitrogens with one attached hydrogen (secondary N) is 1. The molecule has 0 aliphatic carbocycles. The first-order valence-electron chi connectivity index (χ1n) is 9.22. The standard InChI is InChI=1S/C20H23N5O2/c1-24-12-13(14-6-2-3-7-17(14)24)10-19(26)25-9-5-4-8-18(25)15-11-16(20(21)27)23-22-15/h2-3,6-7,11-12,18H,4-5,8-10H2,1H3,(H2,21,27)(H,22,23)/t18-/m0/s1. The van der Waals surface area contributed by atoms with E-state index in [9.17, 15) is 9.59 Å². The number of primary amides is 1. The number of carbonyl (C=O) groups excluding carboxylic acids is 2. The summed E-state index contributed by atoms with van der Waals surface area (Å²) in [5.74, 6) is -0.479. The molecule has 0 radical (unpaired) electrons. The van der Waals surface area contributed by atoms with E-state index < -0.39 is 5.91 Å². The van der Waals surface area contributed by atoms with Crippen molar-refractivity contribution >= 4 is 22.7 Å². The highest BCUT2D eigenvalue weighted by Crippen LogP contribution is 2.31. The van der Waals surface area contributed by atoms with Crippen LogP contribution < -0.4 is 5.73 Å². The summed E-state index contributed by atoms with van der Waals surface area (Å²) in [4.78, 5) is 26.4. The summed E-state index contributed by atoms with van der Waals surface area (Å²) < 4.78 is 2.06. The fraction of sp³-hybridized carbons (Fsp3) is 0.350. The molecular formula is C20H23N5O2. The second-order valence-corrected chi connectivity index (χ2v) is 7.13. The van der Waals surface area contributed by atoms with Gasteiger partial charge in [0, 0.05) is 30.7 Å². The molecule has 2 aromatic heterocycles. The summed E-state index contributed by atoms with van der Waals surface area (Å²) >= 11 is 0. The summed E-state index contributed by atoms with van der Waals surface area (Å²) in [5, 5.41) is 7.97. The van der Waals surface area contributed by atoms with Gasteiger partial charge in [-0.3, -0.25) is 14.7 Å². The van der Waals surface area contributed by atoms with Crippen molar-refractivity contribution in [3.63, 3.8) is 0 Å². The zero-order valence-corrected chi connectivity index (χ0v) is 15.3. The molecule has 1 aromatic carbocycles. The summed E-state index contributed by atoms with van der Waals surface area (Å²) in [5.41, 5.74) is 8.44. The predicted molar refractivity (Wildman–Crippen MR) is 102 cm³/mol. The Balaban J connectivity index is 1.59. The largest absolute Gasteiger partial charge is 0.364 e. The van der Waals surface area contributed by atoms with Crippen molar-refractivity contribution in [1.82, 2.24) is 19.7 Å². The molecule has 27 heavy (non-hydrogen) atoms. The van der Waals surface area contributed by atoms with Crippen molar-refractivity contribution < 1.29 is 9.59 Å². The van der Waals surface area contributed by atoms with Crippen LogP contribution in [0.15, 0.2) is 36.5 Å². The Labute approximate surface area is 157 Å². The lowest BCUT2D eigenvalue weighted by molar-refractivity contribution is -0.134. The molecule has 0 bridgehead atoms. The molecule has 0 unspecified atom stereocenters. The van der Waals surface area contributed by atoms with Gasteiger partial charge in [-0.25, -0.2) is 0 Å². The predicted octanol–water partition coefficient (Wildman–Crippen LogP) is 2.30. The molecule has 7 heteroatoms. The van der Waals surface area contributed by atoms with Gasteiger partial charge < -0.3 is 15.2 Å². The number of aryl methyl sites for hydroxylation is 1. The lowest BCUT2D eigenvalue weighted by atomic mass is 9.98. The lowest BCUT2D eigenvalue weighted by Crippen LogP contribution is -2.39. The van der Waals surface area contributed by atoms with Crippen LogP contribution in [-0.4, -0.2) is 38.0 Å².